The number of piperazine rings is 1. The summed E-state index contributed by atoms with van der Waals surface area (Å²) in [6.07, 6.45) is -2.26. The third-order valence-electron chi connectivity index (χ3n) is 8.53. The van der Waals surface area contributed by atoms with E-state index in [0.29, 0.717) is 36.7 Å². The molecule has 0 spiro atoms. The van der Waals surface area contributed by atoms with Gasteiger partial charge >= 0.3 is 6.18 Å². The van der Waals surface area contributed by atoms with Crippen LogP contribution in [0.5, 0.6) is 0 Å². The van der Waals surface area contributed by atoms with Crippen molar-refractivity contribution in [3.8, 4) is 11.8 Å². The van der Waals surface area contributed by atoms with Crippen molar-refractivity contribution in [2.45, 2.75) is 39.4 Å². The molecule has 5 rings (SSSR count). The number of fused-ring (bicyclic) bond motifs is 1. The number of alkyl halides is 3. The maximum atomic E-state index is 14.1. The second-order valence-corrected chi connectivity index (χ2v) is 11.2. The fourth-order valence-corrected chi connectivity index (χ4v) is 6.07. The number of amides is 2. The molecular weight excluding hydrogens is 603 g/mol. The molecule has 15 heteroatoms. The molecule has 46 heavy (non-hydrogen) atoms. The van der Waals surface area contributed by atoms with Crippen LogP contribution in [0.2, 0.25) is 0 Å². The molecule has 2 amide bonds. The third-order valence-corrected chi connectivity index (χ3v) is 8.53. The van der Waals surface area contributed by atoms with Gasteiger partial charge in [-0.3, -0.25) is 14.4 Å². The van der Waals surface area contributed by atoms with E-state index in [1.807, 2.05) is 18.7 Å². The van der Waals surface area contributed by atoms with Crippen LogP contribution < -0.4 is 15.4 Å². The minimum Gasteiger partial charge on any atom is -0.352 e. The summed E-state index contributed by atoms with van der Waals surface area (Å²) in [5.74, 6) is -0.185. The van der Waals surface area contributed by atoms with Gasteiger partial charge in [0.1, 0.15) is 11.3 Å². The number of carbonyl (C=O) groups excluding carboxylic acids is 2. The molecule has 0 saturated carbocycles. The fourth-order valence-electron chi connectivity index (χ4n) is 6.07. The quantitative estimate of drug-likeness (QED) is 0.342. The van der Waals surface area contributed by atoms with Gasteiger partial charge in [-0.25, -0.2) is 4.98 Å². The van der Waals surface area contributed by atoms with Crippen molar-refractivity contribution in [2.24, 2.45) is 5.92 Å². The van der Waals surface area contributed by atoms with Crippen molar-refractivity contribution in [2.75, 3.05) is 55.6 Å². The first-order chi connectivity index (χ1) is 21.9. The van der Waals surface area contributed by atoms with Gasteiger partial charge in [0.2, 0.25) is 17.8 Å². The second kappa shape index (κ2) is 12.8. The number of halogens is 3. The van der Waals surface area contributed by atoms with Gasteiger partial charge in [0, 0.05) is 45.8 Å². The molecule has 2 saturated heterocycles. The van der Waals surface area contributed by atoms with E-state index in [-0.39, 0.29) is 66.2 Å². The minimum atomic E-state index is -4.75. The summed E-state index contributed by atoms with van der Waals surface area (Å²) in [5, 5.41) is 13.8. The number of hydrogen-bond acceptors (Lipinski definition) is 9. The van der Waals surface area contributed by atoms with Crippen LogP contribution in [0, 0.1) is 24.2 Å². The van der Waals surface area contributed by atoms with Gasteiger partial charge in [-0.05, 0) is 38.5 Å². The Hall–Kier alpha value is -5.00. The van der Waals surface area contributed by atoms with Crippen LogP contribution in [0.15, 0.2) is 41.8 Å². The van der Waals surface area contributed by atoms with Gasteiger partial charge in [-0.15, -0.1) is 0 Å². The standard InChI is InChI=1S/C31H34F3N9O3/c1-5-24(44)42-14-13-40(18-21(42)11-12-35)27-22-15-36-43(23-10-8-9-19(4)25(23)31(32,33)34)29(46)26(22)37-30(38-27)41-16-20(17-41)28(45)39(6-2)7-3/h5,8-10,15,20-21H,1,6-7,11,13-14,16-18H2,2-4H3. The highest BCUT2D eigenvalue weighted by Gasteiger charge is 2.39. The van der Waals surface area contributed by atoms with Crippen LogP contribution in [0.4, 0.5) is 24.9 Å². The highest BCUT2D eigenvalue weighted by molar-refractivity contribution is 5.91. The maximum absolute atomic E-state index is 14.1. The highest BCUT2D eigenvalue weighted by atomic mass is 19.4. The predicted molar refractivity (Wildman–Crippen MR) is 164 cm³/mol. The molecule has 3 aromatic rings. The summed E-state index contributed by atoms with van der Waals surface area (Å²) in [6, 6.07) is 5.51. The summed E-state index contributed by atoms with van der Waals surface area (Å²) in [5.41, 5.74) is -2.50. The van der Waals surface area contributed by atoms with Crippen molar-refractivity contribution in [1.82, 2.24) is 29.5 Å². The SMILES string of the molecule is C=CC(=O)N1CCN(c2nc(N3CC(C(=O)N(CC)CC)C3)nc3c(=O)n(-c4cccc(C)c4C(F)(F)F)ncc23)CC1CC#N. The molecule has 1 aromatic carbocycles. The number of aryl methyl sites for hydroxylation is 1. The molecule has 4 heterocycles. The van der Waals surface area contributed by atoms with Crippen LogP contribution in [-0.2, 0) is 15.8 Å². The zero-order chi connectivity index (χ0) is 33.3. The molecule has 1 atom stereocenters. The average Bonchev–Trinajstić information content (AvgIpc) is 3.00. The molecule has 0 N–H and O–H groups in total. The van der Waals surface area contributed by atoms with Crippen molar-refractivity contribution in [3.63, 3.8) is 0 Å². The Morgan fingerprint density at radius 1 is 1.13 bits per heavy atom. The van der Waals surface area contributed by atoms with Crippen LogP contribution in [0.3, 0.4) is 0 Å². The van der Waals surface area contributed by atoms with E-state index in [9.17, 15) is 32.8 Å². The monoisotopic (exact) mass is 637 g/mol. The lowest BCUT2D eigenvalue weighted by atomic mass is 9.99. The zero-order valence-electron chi connectivity index (χ0n) is 25.8. The first-order valence-electron chi connectivity index (χ1n) is 15.0. The smallest absolute Gasteiger partial charge is 0.352 e. The molecule has 2 aliphatic rings. The lowest BCUT2D eigenvalue weighted by Gasteiger charge is -2.42. The van der Waals surface area contributed by atoms with E-state index >= 15 is 0 Å². The van der Waals surface area contributed by atoms with E-state index in [2.05, 4.69) is 22.7 Å². The second-order valence-electron chi connectivity index (χ2n) is 11.2. The van der Waals surface area contributed by atoms with Crippen LogP contribution >= 0.6 is 0 Å². The minimum absolute atomic E-state index is 0.00435. The van der Waals surface area contributed by atoms with Crippen LogP contribution in [-0.4, -0.2) is 93.2 Å². The Kier molecular flexibility index (Phi) is 9.00. The number of anilines is 2. The summed E-state index contributed by atoms with van der Waals surface area (Å²) in [7, 11) is 0. The third kappa shape index (κ3) is 5.86. The fraction of sp³-hybridized carbons (Fsp3) is 0.452. The Balaban J connectivity index is 1.62. The van der Waals surface area contributed by atoms with Gasteiger partial charge in [-0.1, -0.05) is 18.7 Å². The summed E-state index contributed by atoms with van der Waals surface area (Å²) < 4.78 is 43.1. The number of hydrogen-bond donors (Lipinski definition) is 0. The molecule has 12 nitrogen and oxygen atoms in total. The molecular formula is C31H34F3N9O3. The van der Waals surface area contributed by atoms with Crippen LogP contribution in [0.1, 0.15) is 31.4 Å². The summed E-state index contributed by atoms with van der Waals surface area (Å²) in [6.45, 7) is 11.1. The largest absolute Gasteiger partial charge is 0.418 e. The predicted octanol–water partition coefficient (Wildman–Crippen LogP) is 2.92. The van der Waals surface area contributed by atoms with Crippen molar-refractivity contribution in [1.29, 1.82) is 5.26 Å². The van der Waals surface area contributed by atoms with E-state index in [0.717, 1.165) is 0 Å². The zero-order valence-corrected chi connectivity index (χ0v) is 25.8. The highest BCUT2D eigenvalue weighted by Crippen LogP contribution is 2.36. The number of aromatic nitrogens is 4. The topological polar surface area (TPSA) is 132 Å². The lowest BCUT2D eigenvalue weighted by molar-refractivity contribution is -0.138. The molecule has 1 unspecified atom stereocenters. The van der Waals surface area contributed by atoms with E-state index in [4.69, 9.17) is 4.98 Å². The molecule has 242 valence electrons. The molecule has 0 radical (unpaired) electrons. The van der Waals surface area contributed by atoms with Gasteiger partial charge in [0.15, 0.2) is 0 Å². The van der Waals surface area contributed by atoms with E-state index < -0.39 is 29.0 Å². The first kappa shape index (κ1) is 32.4. The van der Waals surface area contributed by atoms with Crippen molar-refractivity contribution >= 4 is 34.5 Å². The Labute approximate surface area is 263 Å². The van der Waals surface area contributed by atoms with Crippen molar-refractivity contribution in [3.05, 3.63) is 58.5 Å². The number of nitriles is 1. The molecule has 0 bridgehead atoms. The molecule has 2 fully saturated rings. The lowest BCUT2D eigenvalue weighted by Crippen LogP contribution is -2.56. The number of nitrogens with zero attached hydrogens (tertiary/aromatic N) is 9. The number of benzene rings is 1. The summed E-state index contributed by atoms with van der Waals surface area (Å²) in [4.78, 5) is 55.5. The molecule has 2 aliphatic heterocycles. The maximum Gasteiger partial charge on any atom is 0.418 e. The Bertz CT molecular complexity index is 1780. The normalized spacial score (nSPS) is 17.1. The van der Waals surface area contributed by atoms with Crippen molar-refractivity contribution < 1.29 is 22.8 Å². The first-order valence-corrected chi connectivity index (χ1v) is 15.0. The molecule has 0 aliphatic carbocycles. The Morgan fingerprint density at radius 2 is 1.85 bits per heavy atom. The van der Waals surface area contributed by atoms with Gasteiger partial charge in [0.05, 0.1) is 47.3 Å². The average molecular weight is 638 g/mol. The van der Waals surface area contributed by atoms with Gasteiger partial charge in [-0.2, -0.15) is 33.2 Å². The van der Waals surface area contributed by atoms with Crippen LogP contribution in [0.25, 0.3) is 16.6 Å². The molecule has 2 aromatic heterocycles. The Morgan fingerprint density at radius 3 is 2.48 bits per heavy atom. The number of carbonyl (C=O) groups is 2. The van der Waals surface area contributed by atoms with E-state index in [1.165, 1.54) is 37.4 Å². The van der Waals surface area contributed by atoms with Gasteiger partial charge in [0.25, 0.3) is 5.56 Å². The van der Waals surface area contributed by atoms with E-state index in [1.54, 1.807) is 14.7 Å². The number of rotatable bonds is 8. The summed E-state index contributed by atoms with van der Waals surface area (Å²) >= 11 is 0. The van der Waals surface area contributed by atoms with Gasteiger partial charge < -0.3 is 19.6 Å².